The molecule has 100 valence electrons. The third-order valence-corrected chi connectivity index (χ3v) is 2.90. The van der Waals surface area contributed by atoms with Crippen LogP contribution in [0, 0.1) is 25.2 Å². The second kappa shape index (κ2) is 7.38. The number of nitriles is 1. The topological polar surface area (TPSA) is 50.1 Å². The smallest absolute Gasteiger partial charge is 0.348 e. The average molecular weight is 257 g/mol. The Morgan fingerprint density at radius 2 is 2.00 bits per heavy atom. The monoisotopic (exact) mass is 257 g/mol. The summed E-state index contributed by atoms with van der Waals surface area (Å²) in [5.41, 5.74) is 3.03. The minimum atomic E-state index is -0.543. The van der Waals surface area contributed by atoms with Gasteiger partial charge in [-0.1, -0.05) is 31.5 Å². The first-order chi connectivity index (χ1) is 9.10. The number of unbranched alkanes of at least 4 members (excludes halogenated alkanes) is 1. The van der Waals surface area contributed by atoms with Gasteiger partial charge in [0.05, 0.1) is 6.61 Å². The molecule has 1 aromatic rings. The van der Waals surface area contributed by atoms with Crippen LogP contribution in [0.1, 0.15) is 36.5 Å². The highest BCUT2D eigenvalue weighted by Crippen LogP contribution is 2.17. The van der Waals surface area contributed by atoms with Crippen LogP contribution < -0.4 is 0 Å². The van der Waals surface area contributed by atoms with E-state index in [-0.39, 0.29) is 5.57 Å². The number of aryl methyl sites for hydroxylation is 2. The maximum atomic E-state index is 11.8. The molecule has 0 saturated heterocycles. The van der Waals surface area contributed by atoms with Crippen LogP contribution in [0.2, 0.25) is 0 Å². The van der Waals surface area contributed by atoms with Crippen molar-refractivity contribution in [2.45, 2.75) is 33.6 Å². The largest absolute Gasteiger partial charge is 0.462 e. The van der Waals surface area contributed by atoms with Gasteiger partial charge in [-0.3, -0.25) is 0 Å². The molecule has 0 unspecified atom stereocenters. The Labute approximate surface area is 114 Å². The van der Waals surface area contributed by atoms with Crippen molar-refractivity contribution in [1.29, 1.82) is 5.26 Å². The van der Waals surface area contributed by atoms with Gasteiger partial charge in [0.2, 0.25) is 0 Å². The van der Waals surface area contributed by atoms with Crippen LogP contribution >= 0.6 is 0 Å². The number of carbonyl (C=O) groups excluding carboxylic acids is 1. The van der Waals surface area contributed by atoms with Gasteiger partial charge in [0.25, 0.3) is 0 Å². The SMILES string of the molecule is CCCCOC(=O)/C(C#N)=C/c1c(C)cccc1C. The van der Waals surface area contributed by atoms with Gasteiger partial charge >= 0.3 is 5.97 Å². The zero-order valence-electron chi connectivity index (χ0n) is 11.7. The number of hydrogen-bond acceptors (Lipinski definition) is 3. The average Bonchev–Trinajstić information content (AvgIpc) is 2.38. The lowest BCUT2D eigenvalue weighted by Gasteiger charge is -2.06. The lowest BCUT2D eigenvalue weighted by molar-refractivity contribution is -0.138. The molecule has 0 atom stereocenters. The second-order valence-electron chi connectivity index (χ2n) is 4.46. The Bertz CT molecular complexity index is 504. The number of esters is 1. The predicted molar refractivity (Wildman–Crippen MR) is 75.4 cm³/mol. The number of rotatable bonds is 5. The van der Waals surface area contributed by atoms with Gasteiger partial charge < -0.3 is 4.74 Å². The fourth-order valence-electron chi connectivity index (χ4n) is 1.72. The van der Waals surface area contributed by atoms with Crippen molar-refractivity contribution in [3.8, 4) is 6.07 Å². The summed E-state index contributed by atoms with van der Waals surface area (Å²) in [4.78, 5) is 11.8. The summed E-state index contributed by atoms with van der Waals surface area (Å²) in [6.45, 7) is 6.29. The molecule has 1 aromatic carbocycles. The van der Waals surface area contributed by atoms with Crippen molar-refractivity contribution in [1.82, 2.24) is 0 Å². The van der Waals surface area contributed by atoms with Crippen LogP contribution in [0.15, 0.2) is 23.8 Å². The van der Waals surface area contributed by atoms with Crippen LogP contribution in [0.4, 0.5) is 0 Å². The van der Waals surface area contributed by atoms with Crippen molar-refractivity contribution >= 4 is 12.0 Å². The van der Waals surface area contributed by atoms with E-state index in [9.17, 15) is 4.79 Å². The summed E-state index contributed by atoms with van der Waals surface area (Å²) in [6, 6.07) is 7.78. The van der Waals surface area contributed by atoms with E-state index in [2.05, 4.69) is 0 Å². The minimum absolute atomic E-state index is 0.0495. The van der Waals surface area contributed by atoms with Crippen molar-refractivity contribution in [2.75, 3.05) is 6.61 Å². The maximum absolute atomic E-state index is 11.8. The molecule has 0 fully saturated rings. The first kappa shape index (κ1) is 15.0. The van der Waals surface area contributed by atoms with Crippen molar-refractivity contribution < 1.29 is 9.53 Å². The number of ether oxygens (including phenoxy) is 1. The Kier molecular flexibility index (Phi) is 5.81. The Balaban J connectivity index is 2.94. The van der Waals surface area contributed by atoms with Crippen molar-refractivity contribution in [3.63, 3.8) is 0 Å². The standard InChI is InChI=1S/C16H19NO2/c1-4-5-9-19-16(18)14(11-17)10-15-12(2)7-6-8-13(15)3/h6-8,10H,4-5,9H2,1-3H3/b14-10+. The van der Waals surface area contributed by atoms with Gasteiger partial charge in [0, 0.05) is 0 Å². The molecule has 0 amide bonds. The molecule has 0 saturated carbocycles. The summed E-state index contributed by atoms with van der Waals surface area (Å²) in [6.07, 6.45) is 3.38. The highest BCUT2D eigenvalue weighted by Gasteiger charge is 2.11. The Morgan fingerprint density at radius 3 is 2.53 bits per heavy atom. The van der Waals surface area contributed by atoms with Crippen LogP contribution in [0.3, 0.4) is 0 Å². The van der Waals surface area contributed by atoms with Gasteiger partial charge in [-0.05, 0) is 43.0 Å². The molecular formula is C16H19NO2. The predicted octanol–water partition coefficient (Wildman–Crippen LogP) is 3.55. The zero-order chi connectivity index (χ0) is 14.3. The van der Waals surface area contributed by atoms with E-state index in [1.54, 1.807) is 6.08 Å². The van der Waals surface area contributed by atoms with Crippen LogP contribution in [-0.2, 0) is 9.53 Å². The molecule has 0 aliphatic carbocycles. The summed E-state index contributed by atoms with van der Waals surface area (Å²) >= 11 is 0. The molecule has 0 heterocycles. The molecule has 0 spiro atoms. The van der Waals surface area contributed by atoms with Gasteiger partial charge in [-0.25, -0.2) is 4.79 Å². The lowest BCUT2D eigenvalue weighted by atomic mass is 10.0. The molecule has 0 radical (unpaired) electrons. The van der Waals surface area contributed by atoms with E-state index in [4.69, 9.17) is 10.00 Å². The summed E-state index contributed by atoms with van der Waals surface area (Å²) in [7, 11) is 0. The van der Waals surface area contributed by atoms with Crippen molar-refractivity contribution in [2.24, 2.45) is 0 Å². The van der Waals surface area contributed by atoms with E-state index >= 15 is 0 Å². The number of carbonyl (C=O) groups is 1. The molecule has 0 aliphatic heterocycles. The molecule has 19 heavy (non-hydrogen) atoms. The number of nitrogens with zero attached hydrogens (tertiary/aromatic N) is 1. The van der Waals surface area contributed by atoms with Gasteiger partial charge in [-0.2, -0.15) is 5.26 Å². The molecule has 0 N–H and O–H groups in total. The highest BCUT2D eigenvalue weighted by molar-refractivity contribution is 5.98. The van der Waals surface area contributed by atoms with E-state index < -0.39 is 5.97 Å². The third-order valence-electron chi connectivity index (χ3n) is 2.90. The molecule has 0 aromatic heterocycles. The maximum Gasteiger partial charge on any atom is 0.348 e. The number of benzene rings is 1. The van der Waals surface area contributed by atoms with Crippen LogP contribution in [0.5, 0.6) is 0 Å². The van der Waals surface area contributed by atoms with Gasteiger partial charge in [0.1, 0.15) is 11.6 Å². The van der Waals surface area contributed by atoms with E-state index in [1.807, 2.05) is 45.0 Å². The molecule has 0 aliphatic rings. The number of hydrogen-bond donors (Lipinski definition) is 0. The second-order valence-corrected chi connectivity index (χ2v) is 4.46. The summed E-state index contributed by atoms with van der Waals surface area (Å²) in [5, 5.41) is 9.08. The van der Waals surface area contributed by atoms with E-state index in [0.29, 0.717) is 6.61 Å². The molecule has 0 bridgehead atoms. The van der Waals surface area contributed by atoms with Crippen LogP contribution in [0.25, 0.3) is 6.08 Å². The molecule has 3 heteroatoms. The zero-order valence-corrected chi connectivity index (χ0v) is 11.7. The Morgan fingerprint density at radius 1 is 1.37 bits per heavy atom. The fourth-order valence-corrected chi connectivity index (χ4v) is 1.72. The fraction of sp³-hybridized carbons (Fsp3) is 0.375. The first-order valence-electron chi connectivity index (χ1n) is 6.45. The molecular weight excluding hydrogens is 238 g/mol. The Hall–Kier alpha value is -2.08. The quantitative estimate of drug-likeness (QED) is 0.351. The minimum Gasteiger partial charge on any atom is -0.462 e. The van der Waals surface area contributed by atoms with Gasteiger partial charge in [-0.15, -0.1) is 0 Å². The summed E-state index contributed by atoms with van der Waals surface area (Å²) < 4.78 is 5.06. The molecule has 1 rings (SSSR count). The normalized spacial score (nSPS) is 10.9. The summed E-state index contributed by atoms with van der Waals surface area (Å²) in [5.74, 6) is -0.543. The van der Waals surface area contributed by atoms with E-state index in [1.165, 1.54) is 0 Å². The van der Waals surface area contributed by atoms with Crippen LogP contribution in [-0.4, -0.2) is 12.6 Å². The van der Waals surface area contributed by atoms with Gasteiger partial charge in [0.15, 0.2) is 0 Å². The van der Waals surface area contributed by atoms with Crippen molar-refractivity contribution in [3.05, 3.63) is 40.5 Å². The highest BCUT2D eigenvalue weighted by atomic mass is 16.5. The molecule has 3 nitrogen and oxygen atoms in total. The third kappa shape index (κ3) is 4.26. The van der Waals surface area contributed by atoms with E-state index in [0.717, 1.165) is 29.5 Å². The lowest BCUT2D eigenvalue weighted by Crippen LogP contribution is -2.08. The first-order valence-corrected chi connectivity index (χ1v) is 6.45.